The minimum Gasteiger partial charge on any atom is -0.399 e. The Morgan fingerprint density at radius 1 is 1.47 bits per heavy atom. The largest absolute Gasteiger partial charge is 0.399 e. The third-order valence-corrected chi connectivity index (χ3v) is 5.23. The Morgan fingerprint density at radius 3 is 2.79 bits per heavy atom. The Labute approximate surface area is 118 Å². The van der Waals surface area contributed by atoms with E-state index >= 15 is 0 Å². The quantitative estimate of drug-likeness (QED) is 0.493. The van der Waals surface area contributed by atoms with E-state index in [9.17, 15) is 8.42 Å². The predicted molar refractivity (Wildman–Crippen MR) is 79.7 cm³/mol. The molecule has 0 unspecified atom stereocenters. The summed E-state index contributed by atoms with van der Waals surface area (Å²) < 4.78 is 26.0. The van der Waals surface area contributed by atoms with Crippen LogP contribution in [0.3, 0.4) is 0 Å². The number of nitrogens with two attached hydrogens (primary N) is 1. The zero-order valence-corrected chi connectivity index (χ0v) is 12.5. The van der Waals surface area contributed by atoms with Crippen LogP contribution >= 0.6 is 11.8 Å². The van der Waals surface area contributed by atoms with E-state index < -0.39 is 16.1 Å². The van der Waals surface area contributed by atoms with Crippen molar-refractivity contribution in [3.05, 3.63) is 24.3 Å². The molecular formula is C12H20N2O3S2. The van der Waals surface area contributed by atoms with Crippen LogP contribution < -0.4 is 10.5 Å². The van der Waals surface area contributed by atoms with E-state index in [1.54, 1.807) is 6.07 Å². The van der Waals surface area contributed by atoms with Crippen LogP contribution in [-0.4, -0.2) is 37.7 Å². The second-order valence-electron chi connectivity index (χ2n) is 4.15. The number of hydrogen-bond donors (Lipinski definition) is 3. The summed E-state index contributed by atoms with van der Waals surface area (Å²) in [6.45, 7) is 1.64. The maximum absolute atomic E-state index is 11.8. The Hall–Kier alpha value is -0.760. The molecule has 1 atom stereocenters. The fourth-order valence-electron chi connectivity index (χ4n) is 1.44. The van der Waals surface area contributed by atoms with Gasteiger partial charge in [-0.3, -0.25) is 0 Å². The van der Waals surface area contributed by atoms with Gasteiger partial charge >= 0.3 is 0 Å². The number of aliphatic hydroxyl groups is 1. The van der Waals surface area contributed by atoms with Crippen LogP contribution in [0.15, 0.2) is 29.2 Å². The van der Waals surface area contributed by atoms with Gasteiger partial charge in [0.05, 0.1) is 12.4 Å². The first-order valence-corrected chi connectivity index (χ1v) is 8.70. The Kier molecular flexibility index (Phi) is 6.64. The third-order valence-electron chi connectivity index (χ3n) is 2.54. The molecule has 0 saturated carbocycles. The first-order chi connectivity index (χ1) is 8.96. The lowest BCUT2D eigenvalue weighted by Gasteiger charge is -2.14. The molecule has 7 heteroatoms. The first kappa shape index (κ1) is 16.3. The van der Waals surface area contributed by atoms with Gasteiger partial charge in [0, 0.05) is 22.4 Å². The second-order valence-corrected chi connectivity index (χ2v) is 7.19. The molecule has 0 aliphatic heterocycles. The second kappa shape index (κ2) is 7.74. The highest BCUT2D eigenvalue weighted by Gasteiger charge is 2.15. The molecule has 108 valence electrons. The minimum atomic E-state index is -3.35. The van der Waals surface area contributed by atoms with E-state index in [-0.39, 0.29) is 12.4 Å². The molecule has 0 aliphatic rings. The molecule has 1 rings (SSSR count). The number of aliphatic hydroxyl groups excluding tert-OH is 1. The van der Waals surface area contributed by atoms with Crippen LogP contribution in [0.2, 0.25) is 0 Å². The Balaban J connectivity index is 2.43. The normalized spacial score (nSPS) is 13.4. The number of rotatable bonds is 8. The van der Waals surface area contributed by atoms with E-state index in [4.69, 9.17) is 10.8 Å². The fraction of sp³-hybridized carbons (Fsp3) is 0.500. The monoisotopic (exact) mass is 304 g/mol. The molecule has 0 radical (unpaired) electrons. The molecular weight excluding hydrogens is 284 g/mol. The molecule has 0 fully saturated rings. The van der Waals surface area contributed by atoms with Crippen molar-refractivity contribution in [1.29, 1.82) is 0 Å². The molecule has 0 bridgehead atoms. The highest BCUT2D eigenvalue weighted by Crippen LogP contribution is 2.20. The SMILES string of the molecule is CC[C@@H](CO)NS(=O)(=O)CCSc1cccc(N)c1. The van der Waals surface area contributed by atoms with Crippen molar-refractivity contribution in [3.8, 4) is 0 Å². The molecule has 0 saturated heterocycles. The molecule has 0 amide bonds. The number of hydrogen-bond acceptors (Lipinski definition) is 5. The highest BCUT2D eigenvalue weighted by atomic mass is 32.2. The van der Waals surface area contributed by atoms with Gasteiger partial charge in [0.1, 0.15) is 0 Å². The zero-order valence-electron chi connectivity index (χ0n) is 10.9. The topological polar surface area (TPSA) is 92.4 Å². The van der Waals surface area contributed by atoms with Crippen molar-refractivity contribution in [2.45, 2.75) is 24.3 Å². The summed E-state index contributed by atoms with van der Waals surface area (Å²) in [4.78, 5) is 0.949. The summed E-state index contributed by atoms with van der Waals surface area (Å²) in [7, 11) is -3.35. The Morgan fingerprint density at radius 2 is 2.21 bits per heavy atom. The number of benzene rings is 1. The van der Waals surface area contributed by atoms with Gasteiger partial charge in [0.2, 0.25) is 10.0 Å². The summed E-state index contributed by atoms with van der Waals surface area (Å²) in [5, 5.41) is 8.98. The highest BCUT2D eigenvalue weighted by molar-refractivity contribution is 8.00. The number of thioether (sulfide) groups is 1. The summed E-state index contributed by atoms with van der Waals surface area (Å²) >= 11 is 1.44. The van der Waals surface area contributed by atoms with Gasteiger partial charge in [0.15, 0.2) is 0 Å². The zero-order chi connectivity index (χ0) is 14.3. The van der Waals surface area contributed by atoms with Crippen LogP contribution in [0.5, 0.6) is 0 Å². The van der Waals surface area contributed by atoms with Crippen LogP contribution in [-0.2, 0) is 10.0 Å². The van der Waals surface area contributed by atoms with Crippen LogP contribution in [0, 0.1) is 0 Å². The summed E-state index contributed by atoms with van der Waals surface area (Å²) in [5.41, 5.74) is 6.31. The van der Waals surface area contributed by atoms with E-state index in [2.05, 4.69) is 4.72 Å². The number of anilines is 1. The maximum Gasteiger partial charge on any atom is 0.212 e. The van der Waals surface area contributed by atoms with Gasteiger partial charge < -0.3 is 10.8 Å². The average molecular weight is 304 g/mol. The number of nitrogens with one attached hydrogen (secondary N) is 1. The van der Waals surface area contributed by atoms with Gasteiger partial charge in [0.25, 0.3) is 0 Å². The van der Waals surface area contributed by atoms with Gasteiger partial charge in [-0.05, 0) is 24.6 Å². The van der Waals surface area contributed by atoms with Crippen molar-refractivity contribution in [2.24, 2.45) is 0 Å². The molecule has 4 N–H and O–H groups in total. The van der Waals surface area contributed by atoms with Crippen molar-refractivity contribution < 1.29 is 13.5 Å². The van der Waals surface area contributed by atoms with Gasteiger partial charge in [-0.2, -0.15) is 0 Å². The summed E-state index contributed by atoms with van der Waals surface area (Å²) in [5.74, 6) is 0.462. The standard InChI is InChI=1S/C12H20N2O3S2/c1-2-11(9-15)14-19(16,17)7-6-18-12-5-3-4-10(13)8-12/h3-5,8,11,14-15H,2,6-7,9,13H2,1H3/t11-/m0/s1. The van der Waals surface area contributed by atoms with Crippen molar-refractivity contribution in [3.63, 3.8) is 0 Å². The van der Waals surface area contributed by atoms with Crippen LogP contribution in [0.1, 0.15) is 13.3 Å². The van der Waals surface area contributed by atoms with Crippen LogP contribution in [0.25, 0.3) is 0 Å². The molecule has 1 aromatic carbocycles. The average Bonchev–Trinajstić information content (AvgIpc) is 2.36. The Bertz CT molecular complexity index is 488. The molecule has 19 heavy (non-hydrogen) atoms. The van der Waals surface area contributed by atoms with Crippen molar-refractivity contribution in [2.75, 3.05) is 23.8 Å². The van der Waals surface area contributed by atoms with E-state index in [1.165, 1.54) is 11.8 Å². The number of nitrogen functional groups attached to an aromatic ring is 1. The first-order valence-electron chi connectivity index (χ1n) is 6.06. The molecule has 1 aromatic rings. The van der Waals surface area contributed by atoms with Gasteiger partial charge in [-0.15, -0.1) is 11.8 Å². The molecule has 5 nitrogen and oxygen atoms in total. The van der Waals surface area contributed by atoms with Gasteiger partial charge in [-0.1, -0.05) is 13.0 Å². The van der Waals surface area contributed by atoms with E-state index in [0.29, 0.717) is 17.9 Å². The predicted octanol–water partition coefficient (Wildman–Crippen LogP) is 1.05. The lowest BCUT2D eigenvalue weighted by atomic mass is 10.3. The molecule has 0 spiro atoms. The molecule has 0 aliphatic carbocycles. The van der Waals surface area contributed by atoms with Crippen molar-refractivity contribution >= 4 is 27.5 Å². The van der Waals surface area contributed by atoms with E-state index in [1.807, 2.05) is 25.1 Å². The lowest BCUT2D eigenvalue weighted by molar-refractivity contribution is 0.254. The summed E-state index contributed by atoms with van der Waals surface area (Å²) in [6, 6.07) is 6.93. The van der Waals surface area contributed by atoms with Crippen molar-refractivity contribution in [1.82, 2.24) is 4.72 Å². The summed E-state index contributed by atoms with van der Waals surface area (Å²) in [6.07, 6.45) is 0.568. The molecule has 0 aromatic heterocycles. The molecule has 0 heterocycles. The minimum absolute atomic E-state index is 0.0168. The third kappa shape index (κ3) is 6.29. The number of sulfonamides is 1. The fourth-order valence-corrected chi connectivity index (χ4v) is 4.14. The van der Waals surface area contributed by atoms with E-state index in [0.717, 1.165) is 4.90 Å². The maximum atomic E-state index is 11.8. The van der Waals surface area contributed by atoms with Crippen LogP contribution in [0.4, 0.5) is 5.69 Å². The lowest BCUT2D eigenvalue weighted by Crippen LogP contribution is -2.38. The van der Waals surface area contributed by atoms with Gasteiger partial charge in [-0.25, -0.2) is 13.1 Å². The smallest absolute Gasteiger partial charge is 0.212 e.